The first-order chi connectivity index (χ1) is 13.7. The molecule has 156 valence electrons. The van der Waals surface area contributed by atoms with Crippen LogP contribution in [0.25, 0.3) is 0 Å². The zero-order valence-corrected chi connectivity index (χ0v) is 16.9. The summed E-state index contributed by atoms with van der Waals surface area (Å²) in [5, 5.41) is 13.1. The van der Waals surface area contributed by atoms with Gasteiger partial charge in [0.15, 0.2) is 5.69 Å². The summed E-state index contributed by atoms with van der Waals surface area (Å²) in [7, 11) is 0. The summed E-state index contributed by atoms with van der Waals surface area (Å²) in [5.41, 5.74) is 2.36. The molecular weight excluding hydrogens is 396 g/mol. The van der Waals surface area contributed by atoms with Crippen LogP contribution in [-0.4, -0.2) is 76.1 Å². The van der Waals surface area contributed by atoms with Gasteiger partial charge >= 0.3 is 0 Å². The van der Waals surface area contributed by atoms with Crippen LogP contribution in [0.4, 0.5) is 5.95 Å². The molecule has 4 rings (SSSR count). The first-order valence-electron chi connectivity index (χ1n) is 9.57. The number of carbonyl (C=O) groups excluding carboxylic acids is 2. The van der Waals surface area contributed by atoms with E-state index < -0.39 is 0 Å². The van der Waals surface area contributed by atoms with Crippen molar-refractivity contribution >= 4 is 30.2 Å². The van der Waals surface area contributed by atoms with Crippen LogP contribution < -0.4 is 15.5 Å². The average molecular weight is 421 g/mol. The lowest BCUT2D eigenvalue weighted by molar-refractivity contribution is -0.131. The molecule has 2 aromatic rings. The number of aromatic nitrogens is 4. The number of nitrogens with zero attached hydrogens (tertiary/aromatic N) is 5. The van der Waals surface area contributed by atoms with E-state index in [1.165, 1.54) is 0 Å². The van der Waals surface area contributed by atoms with Crippen molar-refractivity contribution in [2.45, 2.75) is 19.4 Å². The minimum absolute atomic E-state index is 0. The molecule has 0 atom stereocenters. The Balaban J connectivity index is 0.00000240. The summed E-state index contributed by atoms with van der Waals surface area (Å²) in [4.78, 5) is 37.2. The first kappa shape index (κ1) is 21.0. The molecule has 10 nitrogen and oxygen atoms in total. The second-order valence-electron chi connectivity index (χ2n) is 6.88. The maximum Gasteiger partial charge on any atom is 0.272 e. The molecule has 0 aromatic carbocycles. The molecule has 0 unspecified atom stereocenters. The molecule has 2 aliphatic rings. The van der Waals surface area contributed by atoms with E-state index in [9.17, 15) is 9.59 Å². The van der Waals surface area contributed by atoms with Gasteiger partial charge in [-0.1, -0.05) is 0 Å². The van der Waals surface area contributed by atoms with E-state index >= 15 is 0 Å². The Kier molecular flexibility index (Phi) is 6.99. The van der Waals surface area contributed by atoms with E-state index in [1.807, 2.05) is 4.90 Å². The molecule has 4 heterocycles. The minimum Gasteiger partial charge on any atom is -0.350 e. The number of fused-ring (bicyclic) bond motifs is 1. The van der Waals surface area contributed by atoms with Crippen molar-refractivity contribution in [3.05, 3.63) is 35.4 Å². The standard InChI is InChI=1S/C18H24N8O2.ClH/c27-15(25-8-10-26(11-9-25)18-21-4-1-5-22-18)3-7-20-17(28)16-13-12-19-6-2-14(13)23-24-16;/h1,4-5,19H,2-3,6-12H2,(H,20,28)(H,23,24);1H. The number of carbonyl (C=O) groups is 2. The van der Waals surface area contributed by atoms with Gasteiger partial charge in [-0.3, -0.25) is 14.7 Å². The molecule has 29 heavy (non-hydrogen) atoms. The third-order valence-electron chi connectivity index (χ3n) is 5.11. The van der Waals surface area contributed by atoms with Crippen molar-refractivity contribution < 1.29 is 9.59 Å². The summed E-state index contributed by atoms with van der Waals surface area (Å²) in [6.45, 7) is 4.49. The molecular formula is C18H25ClN8O2. The Morgan fingerprint density at radius 2 is 1.90 bits per heavy atom. The molecule has 1 fully saturated rings. The number of piperazine rings is 1. The fourth-order valence-electron chi connectivity index (χ4n) is 3.55. The second-order valence-corrected chi connectivity index (χ2v) is 6.88. The maximum absolute atomic E-state index is 12.4. The Morgan fingerprint density at radius 3 is 2.66 bits per heavy atom. The first-order valence-corrected chi connectivity index (χ1v) is 9.57. The number of aromatic amines is 1. The molecule has 11 heteroatoms. The van der Waals surface area contributed by atoms with Gasteiger partial charge in [-0.15, -0.1) is 12.4 Å². The largest absolute Gasteiger partial charge is 0.350 e. The molecule has 0 bridgehead atoms. The predicted octanol–water partition coefficient (Wildman–Crippen LogP) is -0.264. The highest BCUT2D eigenvalue weighted by Crippen LogP contribution is 2.15. The smallest absolute Gasteiger partial charge is 0.272 e. The highest BCUT2D eigenvalue weighted by Gasteiger charge is 2.24. The molecule has 2 aliphatic heterocycles. The van der Waals surface area contributed by atoms with Gasteiger partial charge < -0.3 is 20.4 Å². The van der Waals surface area contributed by atoms with Gasteiger partial charge in [0, 0.05) is 82.3 Å². The Morgan fingerprint density at radius 1 is 1.14 bits per heavy atom. The summed E-state index contributed by atoms with van der Waals surface area (Å²) >= 11 is 0. The van der Waals surface area contributed by atoms with E-state index in [4.69, 9.17) is 0 Å². The fraction of sp³-hybridized carbons (Fsp3) is 0.500. The van der Waals surface area contributed by atoms with Crippen LogP contribution in [0.5, 0.6) is 0 Å². The van der Waals surface area contributed by atoms with Gasteiger partial charge in [0.1, 0.15) is 0 Å². The van der Waals surface area contributed by atoms with Crippen LogP contribution in [0.1, 0.15) is 28.2 Å². The van der Waals surface area contributed by atoms with Crippen LogP contribution in [0.3, 0.4) is 0 Å². The lowest BCUT2D eigenvalue weighted by Crippen LogP contribution is -2.49. The van der Waals surface area contributed by atoms with Crippen molar-refractivity contribution in [1.82, 2.24) is 35.7 Å². The van der Waals surface area contributed by atoms with Crippen LogP contribution in [0, 0.1) is 0 Å². The lowest BCUT2D eigenvalue weighted by Gasteiger charge is -2.34. The Hall–Kier alpha value is -2.72. The van der Waals surface area contributed by atoms with Crippen LogP contribution in [0.2, 0.25) is 0 Å². The van der Waals surface area contributed by atoms with Gasteiger partial charge in [-0.05, 0) is 6.07 Å². The summed E-state index contributed by atoms with van der Waals surface area (Å²) < 4.78 is 0. The second kappa shape index (κ2) is 9.66. The number of hydrogen-bond acceptors (Lipinski definition) is 7. The maximum atomic E-state index is 12.4. The number of amides is 2. The number of H-pyrrole nitrogens is 1. The fourth-order valence-corrected chi connectivity index (χ4v) is 3.55. The van der Waals surface area contributed by atoms with Crippen molar-refractivity contribution in [1.29, 1.82) is 0 Å². The third kappa shape index (κ3) is 4.83. The summed E-state index contributed by atoms with van der Waals surface area (Å²) in [6.07, 6.45) is 4.55. The molecule has 0 aliphatic carbocycles. The molecule has 2 amide bonds. The summed E-state index contributed by atoms with van der Waals surface area (Å²) in [6, 6.07) is 1.78. The average Bonchev–Trinajstić information content (AvgIpc) is 3.19. The zero-order valence-electron chi connectivity index (χ0n) is 16.1. The number of nitrogens with one attached hydrogen (secondary N) is 3. The van der Waals surface area contributed by atoms with Gasteiger partial charge in [0.05, 0.1) is 0 Å². The van der Waals surface area contributed by atoms with Gasteiger partial charge in [0.2, 0.25) is 11.9 Å². The van der Waals surface area contributed by atoms with Gasteiger partial charge in [-0.25, -0.2) is 9.97 Å². The number of halogens is 1. The highest BCUT2D eigenvalue weighted by molar-refractivity contribution is 5.94. The van der Waals surface area contributed by atoms with E-state index in [2.05, 4.69) is 35.7 Å². The quantitative estimate of drug-likeness (QED) is 0.609. The van der Waals surface area contributed by atoms with Crippen molar-refractivity contribution in [2.75, 3.05) is 44.2 Å². The van der Waals surface area contributed by atoms with E-state index in [0.29, 0.717) is 50.9 Å². The molecule has 0 radical (unpaired) electrons. The molecule has 3 N–H and O–H groups in total. The monoisotopic (exact) mass is 420 g/mol. The molecule has 1 saturated heterocycles. The molecule has 0 saturated carbocycles. The normalized spacial score (nSPS) is 16.0. The minimum atomic E-state index is -0.236. The zero-order chi connectivity index (χ0) is 19.3. The van der Waals surface area contributed by atoms with E-state index in [-0.39, 0.29) is 30.6 Å². The predicted molar refractivity (Wildman–Crippen MR) is 109 cm³/mol. The van der Waals surface area contributed by atoms with Crippen molar-refractivity contribution in [3.8, 4) is 0 Å². The highest BCUT2D eigenvalue weighted by atomic mass is 35.5. The SMILES string of the molecule is Cl.O=C(NCCC(=O)N1CCN(c2ncccn2)CC1)c1n[nH]c2c1CNCC2. The van der Waals surface area contributed by atoms with Crippen LogP contribution in [0.15, 0.2) is 18.5 Å². The van der Waals surface area contributed by atoms with Crippen molar-refractivity contribution in [3.63, 3.8) is 0 Å². The Bertz CT molecular complexity index is 836. The Labute approximate surface area is 174 Å². The van der Waals surface area contributed by atoms with E-state index in [1.54, 1.807) is 18.5 Å². The van der Waals surface area contributed by atoms with Gasteiger partial charge in [-0.2, -0.15) is 5.10 Å². The molecule has 0 spiro atoms. The number of anilines is 1. The van der Waals surface area contributed by atoms with Crippen molar-refractivity contribution in [2.24, 2.45) is 0 Å². The van der Waals surface area contributed by atoms with Crippen LogP contribution in [-0.2, 0) is 17.8 Å². The number of rotatable bonds is 5. The number of hydrogen-bond donors (Lipinski definition) is 3. The lowest BCUT2D eigenvalue weighted by atomic mass is 10.1. The van der Waals surface area contributed by atoms with E-state index in [0.717, 1.165) is 24.2 Å². The molecule has 2 aromatic heterocycles. The topological polar surface area (TPSA) is 119 Å². The third-order valence-corrected chi connectivity index (χ3v) is 5.11. The summed E-state index contributed by atoms with van der Waals surface area (Å²) in [5.74, 6) is 0.499. The van der Waals surface area contributed by atoms with Gasteiger partial charge in [0.25, 0.3) is 5.91 Å². The van der Waals surface area contributed by atoms with Crippen LogP contribution >= 0.6 is 12.4 Å².